The van der Waals surface area contributed by atoms with Crippen LogP contribution in [0.2, 0.25) is 0 Å². The van der Waals surface area contributed by atoms with Gasteiger partial charge >= 0.3 is 0 Å². The first-order chi connectivity index (χ1) is 8.28. The van der Waals surface area contributed by atoms with Crippen LogP contribution >= 0.6 is 0 Å². The minimum Gasteiger partial charge on any atom is -0.0654 e. The monoisotopic (exact) mass is 230 g/mol. The van der Waals surface area contributed by atoms with E-state index in [-0.39, 0.29) is 0 Å². The van der Waals surface area contributed by atoms with Gasteiger partial charge in [-0.05, 0) is 49.7 Å². The minimum absolute atomic E-state index is 1.05. The summed E-state index contributed by atoms with van der Waals surface area (Å²) in [5, 5.41) is 0. The molecule has 0 heterocycles. The zero-order chi connectivity index (χ0) is 12.1. The lowest BCUT2D eigenvalue weighted by molar-refractivity contribution is 0.710. The largest absolute Gasteiger partial charge is 0.0654 e. The van der Waals surface area contributed by atoms with Gasteiger partial charge in [0.05, 0.1) is 0 Å². The fourth-order valence-corrected chi connectivity index (χ4v) is 2.59. The van der Waals surface area contributed by atoms with Gasteiger partial charge in [-0.15, -0.1) is 0 Å². The van der Waals surface area contributed by atoms with Crippen LogP contribution in [0.25, 0.3) is 0 Å². The third kappa shape index (κ3) is 4.53. The van der Waals surface area contributed by atoms with E-state index in [1.165, 1.54) is 56.9 Å². The lowest BCUT2D eigenvalue weighted by Crippen LogP contribution is -1.93. The van der Waals surface area contributed by atoms with E-state index in [0.717, 1.165) is 5.92 Å². The summed E-state index contributed by atoms with van der Waals surface area (Å²) in [5.74, 6) is 1.05. The first kappa shape index (κ1) is 12.7. The molecule has 94 valence electrons. The van der Waals surface area contributed by atoms with E-state index in [9.17, 15) is 0 Å². The van der Waals surface area contributed by atoms with Crippen molar-refractivity contribution < 1.29 is 0 Å². The molecule has 1 aliphatic carbocycles. The molecule has 0 N–H and O–H groups in total. The predicted molar refractivity (Wildman–Crippen MR) is 75.5 cm³/mol. The van der Waals surface area contributed by atoms with Crippen LogP contribution in [0.15, 0.2) is 18.2 Å². The third-order valence-electron chi connectivity index (χ3n) is 3.80. The zero-order valence-electron chi connectivity index (χ0n) is 11.5. The van der Waals surface area contributed by atoms with Crippen molar-refractivity contribution in [1.29, 1.82) is 0 Å². The van der Waals surface area contributed by atoms with Gasteiger partial charge in [0.2, 0.25) is 0 Å². The predicted octanol–water partition coefficient (Wildman–Crippen LogP) is 5.07. The fourth-order valence-electron chi connectivity index (χ4n) is 2.59. The molecular formula is C17H26. The zero-order valence-corrected chi connectivity index (χ0v) is 11.5. The van der Waals surface area contributed by atoms with Crippen molar-refractivity contribution in [2.75, 3.05) is 0 Å². The topological polar surface area (TPSA) is 0 Å². The van der Waals surface area contributed by atoms with E-state index in [2.05, 4.69) is 32.0 Å². The van der Waals surface area contributed by atoms with E-state index >= 15 is 0 Å². The van der Waals surface area contributed by atoms with Crippen molar-refractivity contribution in [3.05, 3.63) is 34.9 Å². The van der Waals surface area contributed by atoms with Gasteiger partial charge in [0.1, 0.15) is 0 Å². The van der Waals surface area contributed by atoms with Gasteiger partial charge in [-0.3, -0.25) is 0 Å². The van der Waals surface area contributed by atoms with E-state index in [4.69, 9.17) is 0 Å². The number of hydrogen-bond acceptors (Lipinski definition) is 0. The van der Waals surface area contributed by atoms with Crippen LogP contribution in [-0.2, 0) is 12.8 Å². The average Bonchev–Trinajstić information content (AvgIpc) is 3.10. The number of hydrogen-bond donors (Lipinski definition) is 0. The van der Waals surface area contributed by atoms with Gasteiger partial charge in [0.15, 0.2) is 0 Å². The van der Waals surface area contributed by atoms with Gasteiger partial charge in [0.25, 0.3) is 0 Å². The first-order valence-corrected chi connectivity index (χ1v) is 7.37. The molecule has 1 aliphatic rings. The van der Waals surface area contributed by atoms with E-state index in [1.807, 2.05) is 0 Å². The summed E-state index contributed by atoms with van der Waals surface area (Å²) in [7, 11) is 0. The Bertz CT molecular complexity index is 347. The Balaban J connectivity index is 1.90. The highest BCUT2D eigenvalue weighted by Gasteiger charge is 2.20. The normalized spacial score (nSPS) is 15.2. The Morgan fingerprint density at radius 1 is 1.00 bits per heavy atom. The van der Waals surface area contributed by atoms with E-state index in [1.54, 1.807) is 11.1 Å². The molecular weight excluding hydrogens is 204 g/mol. The van der Waals surface area contributed by atoms with E-state index in [0.29, 0.717) is 0 Å². The molecule has 0 bridgehead atoms. The molecule has 0 aliphatic heterocycles. The molecule has 0 amide bonds. The summed E-state index contributed by atoms with van der Waals surface area (Å²) >= 11 is 0. The molecule has 0 spiro atoms. The average molecular weight is 230 g/mol. The molecule has 0 saturated heterocycles. The second-order valence-electron chi connectivity index (χ2n) is 5.77. The summed E-state index contributed by atoms with van der Waals surface area (Å²) in [4.78, 5) is 0. The SMILES string of the molecule is CCCCCc1cc(C)cc(CCC2CC2)c1. The number of aryl methyl sites for hydroxylation is 3. The van der Waals surface area contributed by atoms with Crippen LogP contribution in [-0.4, -0.2) is 0 Å². The molecule has 0 unspecified atom stereocenters. The maximum Gasteiger partial charge on any atom is -0.0276 e. The van der Waals surface area contributed by atoms with Gasteiger partial charge in [0, 0.05) is 0 Å². The number of rotatable bonds is 7. The molecule has 1 aromatic carbocycles. The minimum atomic E-state index is 1.05. The molecule has 1 fully saturated rings. The molecule has 17 heavy (non-hydrogen) atoms. The van der Waals surface area contributed by atoms with Crippen LogP contribution < -0.4 is 0 Å². The van der Waals surface area contributed by atoms with Crippen LogP contribution in [0.3, 0.4) is 0 Å². The van der Waals surface area contributed by atoms with Crippen molar-refractivity contribution in [1.82, 2.24) is 0 Å². The lowest BCUT2D eigenvalue weighted by Gasteiger charge is -2.07. The molecule has 2 rings (SSSR count). The Morgan fingerprint density at radius 3 is 2.35 bits per heavy atom. The number of unbranched alkanes of at least 4 members (excludes halogenated alkanes) is 2. The Hall–Kier alpha value is -0.780. The summed E-state index contributed by atoms with van der Waals surface area (Å²) in [6, 6.07) is 7.20. The lowest BCUT2D eigenvalue weighted by atomic mass is 9.98. The maximum absolute atomic E-state index is 2.45. The Kier molecular flexibility index (Phi) is 4.65. The third-order valence-corrected chi connectivity index (χ3v) is 3.80. The smallest absolute Gasteiger partial charge is 0.0276 e. The molecule has 0 nitrogen and oxygen atoms in total. The summed E-state index contributed by atoms with van der Waals surface area (Å²) in [6.07, 6.45) is 11.0. The highest BCUT2D eigenvalue weighted by Crippen LogP contribution is 2.33. The van der Waals surface area contributed by atoms with Gasteiger partial charge in [-0.25, -0.2) is 0 Å². The highest BCUT2D eigenvalue weighted by molar-refractivity contribution is 5.29. The van der Waals surface area contributed by atoms with Crippen LogP contribution in [0.1, 0.15) is 62.1 Å². The summed E-state index contributed by atoms with van der Waals surface area (Å²) in [6.45, 7) is 4.52. The van der Waals surface area contributed by atoms with Crippen LogP contribution in [0.5, 0.6) is 0 Å². The highest BCUT2D eigenvalue weighted by atomic mass is 14.3. The molecule has 1 aromatic rings. The van der Waals surface area contributed by atoms with Crippen molar-refractivity contribution in [2.24, 2.45) is 5.92 Å². The van der Waals surface area contributed by atoms with Crippen molar-refractivity contribution in [3.63, 3.8) is 0 Å². The second kappa shape index (κ2) is 6.23. The molecule has 0 radical (unpaired) electrons. The van der Waals surface area contributed by atoms with Gasteiger partial charge in [-0.2, -0.15) is 0 Å². The Labute approximate surface area is 106 Å². The molecule has 1 saturated carbocycles. The van der Waals surface area contributed by atoms with E-state index < -0.39 is 0 Å². The molecule has 0 heteroatoms. The van der Waals surface area contributed by atoms with Crippen molar-refractivity contribution >= 4 is 0 Å². The molecule has 0 aromatic heterocycles. The fraction of sp³-hybridized carbons (Fsp3) is 0.647. The van der Waals surface area contributed by atoms with Gasteiger partial charge in [-0.1, -0.05) is 56.4 Å². The van der Waals surface area contributed by atoms with Gasteiger partial charge < -0.3 is 0 Å². The maximum atomic E-state index is 2.45. The number of benzene rings is 1. The summed E-state index contributed by atoms with van der Waals surface area (Å²) in [5.41, 5.74) is 4.58. The van der Waals surface area contributed by atoms with Crippen LogP contribution in [0, 0.1) is 12.8 Å². The Morgan fingerprint density at radius 2 is 1.71 bits per heavy atom. The summed E-state index contributed by atoms with van der Waals surface area (Å²) < 4.78 is 0. The molecule has 0 atom stereocenters. The van der Waals surface area contributed by atoms with Crippen molar-refractivity contribution in [2.45, 2.75) is 65.2 Å². The first-order valence-electron chi connectivity index (χ1n) is 7.37. The van der Waals surface area contributed by atoms with Crippen LogP contribution in [0.4, 0.5) is 0 Å². The second-order valence-corrected chi connectivity index (χ2v) is 5.77. The quantitative estimate of drug-likeness (QED) is 0.574. The standard InChI is InChI=1S/C17H26/c1-3-4-5-6-16-11-14(2)12-17(13-16)10-9-15-7-8-15/h11-13,15H,3-10H2,1-2H3. The van der Waals surface area contributed by atoms with Crippen molar-refractivity contribution in [3.8, 4) is 0 Å².